The summed E-state index contributed by atoms with van der Waals surface area (Å²) in [5.74, 6) is 0.515. The van der Waals surface area contributed by atoms with Gasteiger partial charge in [0.15, 0.2) is 0 Å². The van der Waals surface area contributed by atoms with Crippen molar-refractivity contribution in [2.45, 2.75) is 38.5 Å². The molecule has 4 rings (SSSR count). The maximum atomic E-state index is 11.7. The number of piperidine rings is 1. The van der Waals surface area contributed by atoms with Gasteiger partial charge < -0.3 is 4.90 Å². The van der Waals surface area contributed by atoms with Crippen LogP contribution in [0.3, 0.4) is 0 Å². The minimum Gasteiger partial charge on any atom is -0.343 e. The van der Waals surface area contributed by atoms with Crippen molar-refractivity contribution >= 4 is 23.2 Å². The number of amides is 1. The van der Waals surface area contributed by atoms with E-state index in [1.807, 2.05) is 17.0 Å². The summed E-state index contributed by atoms with van der Waals surface area (Å²) in [4.78, 5) is 29.0. The Bertz CT molecular complexity index is 938. The Morgan fingerprint density at radius 3 is 2.61 bits per heavy atom. The minimum absolute atomic E-state index is 0.0351. The van der Waals surface area contributed by atoms with Crippen LogP contribution in [0.25, 0.3) is 0 Å². The van der Waals surface area contributed by atoms with Crippen LogP contribution in [0.4, 0.5) is 5.69 Å². The first-order valence-electron chi connectivity index (χ1n) is 9.61. The number of carbonyl (C=O) groups excluding carboxylic acids is 1. The predicted molar refractivity (Wildman–Crippen MR) is 107 cm³/mol. The molecule has 1 aliphatic heterocycles. The Morgan fingerprint density at radius 2 is 1.93 bits per heavy atom. The first-order chi connectivity index (χ1) is 13.4. The first-order valence-corrected chi connectivity index (χ1v) is 9.99. The van der Waals surface area contributed by atoms with Gasteiger partial charge in [0.1, 0.15) is 6.20 Å². The fraction of sp³-hybridized carbons (Fsp3) is 0.429. The normalized spacial score (nSPS) is 19.5. The smallest absolute Gasteiger partial charge is 0.287 e. The van der Waals surface area contributed by atoms with Gasteiger partial charge in [0, 0.05) is 37.0 Å². The van der Waals surface area contributed by atoms with Crippen molar-refractivity contribution in [2.24, 2.45) is 5.92 Å². The van der Waals surface area contributed by atoms with Crippen molar-refractivity contribution in [2.75, 3.05) is 13.1 Å². The molecule has 1 aliphatic carbocycles. The van der Waals surface area contributed by atoms with Gasteiger partial charge in [-0.25, -0.2) is 0 Å². The van der Waals surface area contributed by atoms with Crippen LogP contribution in [0.2, 0.25) is 5.02 Å². The average molecular weight is 400 g/mol. The maximum absolute atomic E-state index is 11.7. The molecule has 0 spiro atoms. The van der Waals surface area contributed by atoms with Crippen LogP contribution in [0.15, 0.2) is 30.5 Å². The summed E-state index contributed by atoms with van der Waals surface area (Å²) < 4.78 is 0. The van der Waals surface area contributed by atoms with Crippen molar-refractivity contribution in [1.29, 1.82) is 0 Å². The molecule has 2 aliphatic rings. The zero-order chi connectivity index (χ0) is 19.8. The molecule has 28 heavy (non-hydrogen) atoms. The van der Waals surface area contributed by atoms with Gasteiger partial charge in [-0.05, 0) is 60.4 Å². The lowest BCUT2D eigenvalue weighted by Crippen LogP contribution is -2.38. The van der Waals surface area contributed by atoms with E-state index in [2.05, 4.69) is 11.1 Å². The third-order valence-electron chi connectivity index (χ3n) is 6.05. The highest BCUT2D eigenvalue weighted by molar-refractivity contribution is 6.30. The van der Waals surface area contributed by atoms with Crippen LogP contribution < -0.4 is 0 Å². The van der Waals surface area contributed by atoms with E-state index < -0.39 is 0 Å². The lowest BCUT2D eigenvalue weighted by atomic mass is 9.76. The predicted octanol–water partition coefficient (Wildman–Crippen LogP) is 4.13. The van der Waals surface area contributed by atoms with E-state index >= 15 is 0 Å². The summed E-state index contributed by atoms with van der Waals surface area (Å²) in [6, 6.07) is 7.68. The third kappa shape index (κ3) is 3.49. The van der Waals surface area contributed by atoms with Crippen LogP contribution >= 0.6 is 11.6 Å². The van der Waals surface area contributed by atoms with Crippen molar-refractivity contribution in [3.63, 3.8) is 0 Å². The fourth-order valence-corrected chi connectivity index (χ4v) is 4.82. The Balaban J connectivity index is 1.77. The van der Waals surface area contributed by atoms with E-state index in [9.17, 15) is 14.9 Å². The molecule has 1 atom stereocenters. The third-order valence-corrected chi connectivity index (χ3v) is 6.29. The Morgan fingerprint density at radius 1 is 1.21 bits per heavy atom. The van der Waals surface area contributed by atoms with E-state index in [0.717, 1.165) is 43.6 Å². The molecule has 0 bridgehead atoms. The van der Waals surface area contributed by atoms with Crippen LogP contribution in [-0.2, 0) is 17.6 Å². The molecule has 7 heteroatoms. The molecule has 0 saturated carbocycles. The quantitative estimate of drug-likeness (QED) is 0.562. The summed E-state index contributed by atoms with van der Waals surface area (Å²) in [7, 11) is 0. The first kappa shape index (κ1) is 18.9. The fourth-order valence-electron chi connectivity index (χ4n) is 4.62. The molecule has 1 aromatic carbocycles. The maximum Gasteiger partial charge on any atom is 0.287 e. The monoisotopic (exact) mass is 399 g/mol. The zero-order valence-electron chi connectivity index (χ0n) is 15.7. The second kappa shape index (κ2) is 7.51. The van der Waals surface area contributed by atoms with Crippen molar-refractivity contribution in [3.05, 3.63) is 68.0 Å². The number of pyridine rings is 1. The molecule has 146 valence electrons. The molecule has 0 radical (unpaired) electrons. The molecular weight excluding hydrogens is 378 g/mol. The highest BCUT2D eigenvalue weighted by Gasteiger charge is 2.35. The standard InChI is InChI=1S/C21H22ClN3O3/c1-13(26)24-8-6-14(7-9-24)20-19-5-4-17(22)10-15(19)2-3-16-11-18(25(27)28)12-23-21(16)20/h4-5,10-12,14,20H,2-3,6-9H2,1H3. The van der Waals surface area contributed by atoms with Gasteiger partial charge in [0.05, 0.1) is 10.6 Å². The van der Waals surface area contributed by atoms with Crippen LogP contribution in [0.5, 0.6) is 0 Å². The number of halogens is 1. The van der Waals surface area contributed by atoms with E-state index in [0.29, 0.717) is 17.4 Å². The molecule has 2 aromatic rings. The summed E-state index contributed by atoms with van der Waals surface area (Å²) in [5.41, 5.74) is 4.32. The van der Waals surface area contributed by atoms with Gasteiger partial charge in [0.25, 0.3) is 5.69 Å². The van der Waals surface area contributed by atoms with Gasteiger partial charge in [-0.3, -0.25) is 19.9 Å². The number of fused-ring (bicyclic) bond motifs is 2. The minimum atomic E-state index is -0.386. The summed E-state index contributed by atoms with van der Waals surface area (Å²) in [6.07, 6.45) is 4.65. The molecule has 0 N–H and O–H groups in total. The van der Waals surface area contributed by atoms with Gasteiger partial charge >= 0.3 is 0 Å². The number of aryl methyl sites for hydroxylation is 2. The lowest BCUT2D eigenvalue weighted by Gasteiger charge is -2.36. The lowest BCUT2D eigenvalue weighted by molar-refractivity contribution is -0.385. The van der Waals surface area contributed by atoms with Crippen molar-refractivity contribution in [1.82, 2.24) is 9.88 Å². The number of aromatic nitrogens is 1. The topological polar surface area (TPSA) is 76.3 Å². The number of hydrogen-bond donors (Lipinski definition) is 0. The number of rotatable bonds is 2. The van der Waals surface area contributed by atoms with Gasteiger partial charge in [-0.15, -0.1) is 0 Å². The molecule has 2 heterocycles. The highest BCUT2D eigenvalue weighted by atomic mass is 35.5. The number of benzene rings is 1. The van der Waals surface area contributed by atoms with E-state index in [4.69, 9.17) is 11.6 Å². The van der Waals surface area contributed by atoms with Crippen molar-refractivity contribution in [3.8, 4) is 0 Å². The Kier molecular flexibility index (Phi) is 5.06. The SMILES string of the molecule is CC(=O)N1CCC(C2c3ccc(Cl)cc3CCc3cc([N+](=O)[O-])cnc32)CC1. The van der Waals surface area contributed by atoms with Gasteiger partial charge in [-0.1, -0.05) is 17.7 Å². The number of nitro groups is 1. The molecular formula is C21H22ClN3O3. The second-order valence-electron chi connectivity index (χ2n) is 7.66. The number of nitrogens with zero attached hydrogens (tertiary/aromatic N) is 3. The van der Waals surface area contributed by atoms with Crippen LogP contribution in [0, 0.1) is 16.0 Å². The number of carbonyl (C=O) groups is 1. The summed E-state index contributed by atoms with van der Waals surface area (Å²) in [5, 5.41) is 11.9. The Hall–Kier alpha value is -2.47. The summed E-state index contributed by atoms with van der Waals surface area (Å²) >= 11 is 6.25. The number of likely N-dealkylation sites (tertiary alicyclic amines) is 1. The van der Waals surface area contributed by atoms with Crippen molar-refractivity contribution < 1.29 is 9.72 Å². The van der Waals surface area contributed by atoms with Crippen LogP contribution in [-0.4, -0.2) is 33.8 Å². The Labute approximate surface area is 168 Å². The summed E-state index contributed by atoms with van der Waals surface area (Å²) in [6.45, 7) is 3.09. The average Bonchev–Trinajstić information content (AvgIpc) is 2.84. The highest BCUT2D eigenvalue weighted by Crippen LogP contribution is 2.43. The van der Waals surface area contributed by atoms with E-state index in [1.54, 1.807) is 13.0 Å². The largest absolute Gasteiger partial charge is 0.343 e. The molecule has 1 saturated heterocycles. The molecule has 1 fully saturated rings. The molecule has 6 nitrogen and oxygen atoms in total. The molecule has 1 aromatic heterocycles. The molecule has 1 amide bonds. The van der Waals surface area contributed by atoms with E-state index in [-0.39, 0.29) is 22.4 Å². The van der Waals surface area contributed by atoms with Crippen LogP contribution in [0.1, 0.15) is 48.1 Å². The second-order valence-corrected chi connectivity index (χ2v) is 8.10. The number of hydrogen-bond acceptors (Lipinski definition) is 4. The molecule has 1 unspecified atom stereocenters. The van der Waals surface area contributed by atoms with Gasteiger partial charge in [-0.2, -0.15) is 0 Å². The van der Waals surface area contributed by atoms with E-state index in [1.165, 1.54) is 17.3 Å². The van der Waals surface area contributed by atoms with Gasteiger partial charge in [0.2, 0.25) is 5.91 Å². The zero-order valence-corrected chi connectivity index (χ0v) is 16.5.